The molecule has 0 unspecified atom stereocenters. The molecule has 156 valence electrons. The molecule has 0 spiro atoms. The van der Waals surface area contributed by atoms with E-state index in [1.54, 1.807) is 30.5 Å². The van der Waals surface area contributed by atoms with Gasteiger partial charge in [0.2, 0.25) is 5.89 Å². The molecule has 0 radical (unpaired) electrons. The molecule has 31 heavy (non-hydrogen) atoms. The van der Waals surface area contributed by atoms with E-state index in [1.807, 2.05) is 30.3 Å². The van der Waals surface area contributed by atoms with Crippen molar-refractivity contribution in [1.82, 2.24) is 4.98 Å². The zero-order valence-corrected chi connectivity index (χ0v) is 16.0. The van der Waals surface area contributed by atoms with E-state index >= 15 is 0 Å². The molecule has 1 aromatic heterocycles. The highest BCUT2D eigenvalue weighted by atomic mass is 19.4. The minimum absolute atomic E-state index is 0.0390. The minimum Gasteiger partial charge on any atom is -0.444 e. The average molecular weight is 423 g/mol. The van der Waals surface area contributed by atoms with Gasteiger partial charge in [0.15, 0.2) is 0 Å². The second-order valence-corrected chi connectivity index (χ2v) is 6.64. The van der Waals surface area contributed by atoms with Gasteiger partial charge in [0, 0.05) is 22.5 Å². The lowest BCUT2D eigenvalue weighted by molar-refractivity contribution is -0.137. The number of alkyl halides is 3. The number of benzene rings is 3. The Bertz CT molecular complexity index is 1190. The van der Waals surface area contributed by atoms with Crippen molar-refractivity contribution in [3.63, 3.8) is 0 Å². The molecular formula is C23H16F3N3O2. The lowest BCUT2D eigenvalue weighted by Crippen LogP contribution is -2.19. The first kappa shape index (κ1) is 20.2. The summed E-state index contributed by atoms with van der Waals surface area (Å²) in [5.41, 5.74) is 2.02. The van der Waals surface area contributed by atoms with Gasteiger partial charge in [0.05, 0.1) is 5.56 Å². The second kappa shape index (κ2) is 8.35. The number of carbonyl (C=O) groups is 1. The number of carbonyl (C=O) groups excluding carboxylic acids is 1. The predicted molar refractivity (Wildman–Crippen MR) is 111 cm³/mol. The lowest BCUT2D eigenvalue weighted by atomic mass is 10.2. The van der Waals surface area contributed by atoms with Gasteiger partial charge >= 0.3 is 12.2 Å². The van der Waals surface area contributed by atoms with E-state index in [2.05, 4.69) is 15.6 Å². The molecule has 0 aliphatic heterocycles. The van der Waals surface area contributed by atoms with Crippen LogP contribution in [0.25, 0.3) is 22.7 Å². The van der Waals surface area contributed by atoms with Gasteiger partial charge in [-0.15, -0.1) is 0 Å². The van der Waals surface area contributed by atoms with Crippen molar-refractivity contribution in [2.75, 3.05) is 10.6 Å². The molecule has 0 aliphatic rings. The molecule has 0 atom stereocenters. The number of aromatic nitrogens is 1. The Morgan fingerprint density at radius 3 is 2.23 bits per heavy atom. The van der Waals surface area contributed by atoms with E-state index in [4.69, 9.17) is 4.42 Å². The monoisotopic (exact) mass is 423 g/mol. The van der Waals surface area contributed by atoms with Crippen LogP contribution in [-0.2, 0) is 6.18 Å². The highest BCUT2D eigenvalue weighted by molar-refractivity contribution is 5.99. The predicted octanol–water partition coefficient (Wildman–Crippen LogP) is 6.67. The Kier molecular flexibility index (Phi) is 5.44. The first-order valence-corrected chi connectivity index (χ1v) is 9.25. The number of halogens is 3. The zero-order valence-electron chi connectivity index (χ0n) is 16.0. The molecule has 8 heteroatoms. The Morgan fingerprint density at radius 1 is 0.806 bits per heavy atom. The van der Waals surface area contributed by atoms with Crippen LogP contribution in [0.3, 0.4) is 0 Å². The van der Waals surface area contributed by atoms with E-state index in [0.29, 0.717) is 22.8 Å². The van der Waals surface area contributed by atoms with Gasteiger partial charge in [-0.3, -0.25) is 0 Å². The number of rotatable bonds is 4. The third kappa shape index (κ3) is 4.92. The number of hydrogen-bond acceptors (Lipinski definition) is 3. The van der Waals surface area contributed by atoms with Gasteiger partial charge in [-0.2, -0.15) is 13.2 Å². The normalized spacial score (nSPS) is 11.2. The van der Waals surface area contributed by atoms with Crippen molar-refractivity contribution < 1.29 is 22.4 Å². The van der Waals surface area contributed by atoms with Crippen LogP contribution in [0.4, 0.5) is 29.3 Å². The fourth-order valence-corrected chi connectivity index (χ4v) is 2.91. The van der Waals surface area contributed by atoms with Gasteiger partial charge in [0.25, 0.3) is 0 Å². The summed E-state index contributed by atoms with van der Waals surface area (Å²) >= 11 is 0. The highest BCUT2D eigenvalue weighted by Gasteiger charge is 2.30. The zero-order chi connectivity index (χ0) is 21.8. The maximum atomic E-state index is 12.8. The molecule has 0 fully saturated rings. The number of nitrogens with zero attached hydrogens (tertiary/aromatic N) is 1. The van der Waals surface area contributed by atoms with Crippen LogP contribution in [0.2, 0.25) is 0 Å². The number of nitrogens with one attached hydrogen (secondary N) is 2. The fraction of sp³-hybridized carbons (Fsp3) is 0.0435. The van der Waals surface area contributed by atoms with Crippen molar-refractivity contribution in [2.24, 2.45) is 0 Å². The number of urea groups is 1. The van der Waals surface area contributed by atoms with Crippen LogP contribution < -0.4 is 10.6 Å². The standard InChI is InChI=1S/C23H16F3N3O2/c24-23(25,26)17-7-4-8-19(13-17)28-22(30)27-18-11-9-16(10-12-18)21-29-20(14-31-21)15-5-2-1-3-6-15/h1-14H,(H2,27,28,30). The molecule has 0 saturated carbocycles. The molecule has 2 amide bonds. The Hall–Kier alpha value is -4.07. The third-order valence-corrected chi connectivity index (χ3v) is 4.41. The minimum atomic E-state index is -4.48. The SMILES string of the molecule is O=C(Nc1ccc(-c2nc(-c3ccccc3)co2)cc1)Nc1cccc(C(F)(F)F)c1. The Morgan fingerprint density at radius 2 is 1.52 bits per heavy atom. The average Bonchev–Trinajstić information content (AvgIpc) is 3.25. The van der Waals surface area contributed by atoms with Gasteiger partial charge in [-0.25, -0.2) is 9.78 Å². The van der Waals surface area contributed by atoms with Crippen LogP contribution >= 0.6 is 0 Å². The van der Waals surface area contributed by atoms with Crippen molar-refractivity contribution in [1.29, 1.82) is 0 Å². The van der Waals surface area contributed by atoms with E-state index in [0.717, 1.165) is 17.7 Å². The topological polar surface area (TPSA) is 67.2 Å². The van der Waals surface area contributed by atoms with Crippen LogP contribution in [0.1, 0.15) is 5.56 Å². The number of amides is 2. The van der Waals surface area contributed by atoms with Crippen LogP contribution in [0, 0.1) is 0 Å². The largest absolute Gasteiger partial charge is 0.444 e. The van der Waals surface area contributed by atoms with E-state index in [9.17, 15) is 18.0 Å². The summed E-state index contributed by atoms with van der Waals surface area (Å²) in [6, 6.07) is 20.1. The van der Waals surface area contributed by atoms with Crippen molar-refractivity contribution in [3.8, 4) is 22.7 Å². The molecule has 4 rings (SSSR count). The molecular weight excluding hydrogens is 407 g/mol. The molecule has 3 aromatic carbocycles. The van der Waals surface area contributed by atoms with E-state index in [1.165, 1.54) is 12.1 Å². The van der Waals surface area contributed by atoms with Gasteiger partial charge in [-0.05, 0) is 42.5 Å². The van der Waals surface area contributed by atoms with Crippen LogP contribution in [0.5, 0.6) is 0 Å². The van der Waals surface area contributed by atoms with E-state index in [-0.39, 0.29) is 5.69 Å². The van der Waals surface area contributed by atoms with Crippen LogP contribution in [0.15, 0.2) is 89.5 Å². The number of anilines is 2. The molecule has 0 bridgehead atoms. The van der Waals surface area contributed by atoms with Gasteiger partial charge in [0.1, 0.15) is 12.0 Å². The van der Waals surface area contributed by atoms with Gasteiger partial charge in [-0.1, -0.05) is 36.4 Å². The lowest BCUT2D eigenvalue weighted by Gasteiger charge is -2.11. The van der Waals surface area contributed by atoms with Crippen molar-refractivity contribution in [2.45, 2.75) is 6.18 Å². The summed E-state index contributed by atoms with van der Waals surface area (Å²) in [5.74, 6) is 0.429. The summed E-state index contributed by atoms with van der Waals surface area (Å²) < 4.78 is 43.9. The first-order valence-electron chi connectivity index (χ1n) is 9.25. The highest BCUT2D eigenvalue weighted by Crippen LogP contribution is 2.31. The molecule has 0 aliphatic carbocycles. The fourth-order valence-electron chi connectivity index (χ4n) is 2.91. The number of hydrogen-bond donors (Lipinski definition) is 2. The maximum absolute atomic E-state index is 12.8. The molecule has 0 saturated heterocycles. The smallest absolute Gasteiger partial charge is 0.416 e. The molecule has 2 N–H and O–H groups in total. The second-order valence-electron chi connectivity index (χ2n) is 6.64. The summed E-state index contributed by atoms with van der Waals surface area (Å²) in [7, 11) is 0. The van der Waals surface area contributed by atoms with Gasteiger partial charge < -0.3 is 15.1 Å². The van der Waals surface area contributed by atoms with Crippen molar-refractivity contribution >= 4 is 17.4 Å². The van der Waals surface area contributed by atoms with Crippen molar-refractivity contribution in [3.05, 3.63) is 90.7 Å². The Balaban J connectivity index is 1.41. The maximum Gasteiger partial charge on any atom is 0.416 e. The molecule has 5 nitrogen and oxygen atoms in total. The van der Waals surface area contributed by atoms with Crippen LogP contribution in [-0.4, -0.2) is 11.0 Å². The Labute approximate surface area is 175 Å². The summed E-state index contributed by atoms with van der Waals surface area (Å²) in [4.78, 5) is 16.6. The quantitative estimate of drug-likeness (QED) is 0.385. The van der Waals surface area contributed by atoms with E-state index < -0.39 is 17.8 Å². The first-order chi connectivity index (χ1) is 14.9. The molecule has 1 heterocycles. The third-order valence-electron chi connectivity index (χ3n) is 4.41. The summed E-state index contributed by atoms with van der Waals surface area (Å²) in [5, 5.41) is 4.97. The number of oxazole rings is 1. The summed E-state index contributed by atoms with van der Waals surface area (Å²) in [6.07, 6.45) is -2.91. The molecule has 4 aromatic rings. The summed E-state index contributed by atoms with van der Waals surface area (Å²) in [6.45, 7) is 0.